The van der Waals surface area contributed by atoms with Crippen LogP contribution in [0.15, 0.2) is 57.7 Å². The van der Waals surface area contributed by atoms with Crippen LogP contribution in [0, 0.1) is 0 Å². The van der Waals surface area contributed by atoms with Crippen LogP contribution >= 0.6 is 11.3 Å². The molecule has 1 amide bonds. The first-order chi connectivity index (χ1) is 15.0. The number of piperazine rings is 1. The first kappa shape index (κ1) is 19.8. The van der Waals surface area contributed by atoms with Crippen molar-refractivity contribution < 1.29 is 9.21 Å². The summed E-state index contributed by atoms with van der Waals surface area (Å²) in [7, 11) is 0. The Kier molecular flexibility index (Phi) is 4.98. The lowest BCUT2D eigenvalue weighted by molar-refractivity contribution is 0.0742. The standard InChI is InChI=1S/C24H23N3O3S/c1-15(2)17-7-5-9-20-21(17)25-24(31-20)27-12-10-26(11-13-27)22(28)18-14-16-6-3-4-8-19(16)30-23(18)29/h3-9,14-15H,10-13H2,1-2H3. The minimum absolute atomic E-state index is 0.0914. The molecule has 0 N–H and O–H groups in total. The molecule has 1 aliphatic heterocycles. The molecule has 2 aromatic heterocycles. The monoisotopic (exact) mass is 433 g/mol. The van der Waals surface area contributed by atoms with Crippen LogP contribution in [0.25, 0.3) is 21.2 Å². The van der Waals surface area contributed by atoms with Gasteiger partial charge in [-0.3, -0.25) is 4.79 Å². The van der Waals surface area contributed by atoms with Crippen LogP contribution < -0.4 is 10.5 Å². The number of hydrogen-bond acceptors (Lipinski definition) is 6. The molecular weight excluding hydrogens is 410 g/mol. The van der Waals surface area contributed by atoms with Crippen molar-refractivity contribution in [2.75, 3.05) is 31.1 Å². The maximum Gasteiger partial charge on any atom is 0.349 e. The molecule has 5 rings (SSSR count). The summed E-state index contributed by atoms with van der Waals surface area (Å²) in [6.07, 6.45) is 0. The molecule has 0 saturated carbocycles. The molecule has 1 aliphatic rings. The van der Waals surface area contributed by atoms with E-state index in [1.54, 1.807) is 34.4 Å². The van der Waals surface area contributed by atoms with Crippen molar-refractivity contribution in [3.63, 3.8) is 0 Å². The summed E-state index contributed by atoms with van der Waals surface area (Å²) in [6, 6.07) is 15.2. The van der Waals surface area contributed by atoms with Gasteiger partial charge in [0.2, 0.25) is 0 Å². The van der Waals surface area contributed by atoms with Gasteiger partial charge in [-0.15, -0.1) is 0 Å². The normalized spacial score (nSPS) is 14.7. The highest BCUT2D eigenvalue weighted by atomic mass is 32.1. The highest BCUT2D eigenvalue weighted by Gasteiger charge is 2.26. The summed E-state index contributed by atoms with van der Waals surface area (Å²) in [5.41, 5.74) is 2.33. The van der Waals surface area contributed by atoms with E-state index in [9.17, 15) is 9.59 Å². The topological polar surface area (TPSA) is 66.7 Å². The molecule has 1 saturated heterocycles. The zero-order valence-corrected chi connectivity index (χ0v) is 18.3. The number of anilines is 1. The Morgan fingerprint density at radius 1 is 1.06 bits per heavy atom. The van der Waals surface area contributed by atoms with Crippen LogP contribution in [0.4, 0.5) is 5.13 Å². The van der Waals surface area contributed by atoms with E-state index in [0.29, 0.717) is 37.7 Å². The SMILES string of the molecule is CC(C)c1cccc2sc(N3CCN(C(=O)c4cc5ccccc5oc4=O)CC3)nc12. The summed E-state index contributed by atoms with van der Waals surface area (Å²) in [5.74, 6) is 0.146. The number of amides is 1. The number of nitrogens with zero attached hydrogens (tertiary/aromatic N) is 3. The zero-order chi connectivity index (χ0) is 21.5. The van der Waals surface area contributed by atoms with Gasteiger partial charge >= 0.3 is 5.63 Å². The van der Waals surface area contributed by atoms with Gasteiger partial charge in [-0.2, -0.15) is 0 Å². The predicted octanol–water partition coefficient (Wildman–Crippen LogP) is 4.49. The fourth-order valence-corrected chi connectivity index (χ4v) is 5.09. The van der Waals surface area contributed by atoms with Crippen LogP contribution in [-0.4, -0.2) is 42.0 Å². The third kappa shape index (κ3) is 3.59. The molecular formula is C24H23N3O3S. The summed E-state index contributed by atoms with van der Waals surface area (Å²) >= 11 is 1.69. The lowest BCUT2D eigenvalue weighted by Gasteiger charge is -2.34. The van der Waals surface area contributed by atoms with Gasteiger partial charge in [0.25, 0.3) is 5.91 Å². The van der Waals surface area contributed by atoms with Crippen molar-refractivity contribution >= 4 is 43.6 Å². The summed E-state index contributed by atoms with van der Waals surface area (Å²) in [6.45, 7) is 6.81. The molecule has 7 heteroatoms. The Bertz CT molecular complexity index is 1330. The second-order valence-electron chi connectivity index (χ2n) is 8.11. The summed E-state index contributed by atoms with van der Waals surface area (Å²) in [5, 5.41) is 1.74. The smallest absolute Gasteiger partial charge is 0.349 e. The number of carbonyl (C=O) groups excluding carboxylic acids is 1. The molecule has 158 valence electrons. The van der Waals surface area contributed by atoms with Gasteiger partial charge in [-0.05, 0) is 29.7 Å². The maximum atomic E-state index is 13.0. The third-order valence-electron chi connectivity index (χ3n) is 5.77. The molecule has 0 aliphatic carbocycles. The molecule has 4 aromatic rings. The van der Waals surface area contributed by atoms with Crippen molar-refractivity contribution in [2.45, 2.75) is 19.8 Å². The third-order valence-corrected chi connectivity index (χ3v) is 6.85. The predicted molar refractivity (Wildman–Crippen MR) is 124 cm³/mol. The molecule has 0 spiro atoms. The van der Waals surface area contributed by atoms with Crippen LogP contribution in [-0.2, 0) is 0 Å². The van der Waals surface area contributed by atoms with E-state index in [2.05, 4.69) is 36.9 Å². The van der Waals surface area contributed by atoms with Crippen molar-refractivity contribution in [3.05, 3.63) is 70.1 Å². The Morgan fingerprint density at radius 3 is 2.61 bits per heavy atom. The van der Waals surface area contributed by atoms with Crippen molar-refractivity contribution in [1.82, 2.24) is 9.88 Å². The maximum absolute atomic E-state index is 13.0. The van der Waals surface area contributed by atoms with Crippen LogP contribution in [0.5, 0.6) is 0 Å². The first-order valence-corrected chi connectivity index (χ1v) is 11.3. The van der Waals surface area contributed by atoms with Gasteiger partial charge in [-0.25, -0.2) is 9.78 Å². The van der Waals surface area contributed by atoms with Crippen LogP contribution in [0.2, 0.25) is 0 Å². The van der Waals surface area contributed by atoms with E-state index >= 15 is 0 Å². The molecule has 0 unspecified atom stereocenters. The fraction of sp³-hybridized carbons (Fsp3) is 0.292. The number of benzene rings is 2. The average molecular weight is 434 g/mol. The van der Waals surface area contributed by atoms with Crippen molar-refractivity contribution in [1.29, 1.82) is 0 Å². The minimum Gasteiger partial charge on any atom is -0.422 e. The largest absolute Gasteiger partial charge is 0.422 e. The highest BCUT2D eigenvalue weighted by Crippen LogP contribution is 2.33. The Hall–Kier alpha value is -3.19. The number of carbonyl (C=O) groups is 1. The zero-order valence-electron chi connectivity index (χ0n) is 17.5. The number of fused-ring (bicyclic) bond motifs is 2. The average Bonchev–Trinajstić information content (AvgIpc) is 3.22. The molecule has 0 bridgehead atoms. The second-order valence-corrected chi connectivity index (χ2v) is 9.12. The molecule has 2 aromatic carbocycles. The van der Waals surface area contributed by atoms with Gasteiger partial charge in [0.05, 0.1) is 10.2 Å². The Morgan fingerprint density at radius 2 is 1.84 bits per heavy atom. The Labute approximate surface area is 183 Å². The summed E-state index contributed by atoms with van der Waals surface area (Å²) in [4.78, 5) is 34.2. The Balaban J connectivity index is 1.34. The number of aromatic nitrogens is 1. The van der Waals surface area contributed by atoms with Gasteiger partial charge in [0, 0.05) is 31.6 Å². The van der Waals surface area contributed by atoms with E-state index in [1.807, 2.05) is 12.1 Å². The molecule has 1 fully saturated rings. The number of thiazole rings is 1. The fourth-order valence-electron chi connectivity index (χ4n) is 4.04. The van der Waals surface area contributed by atoms with Gasteiger partial charge in [0.1, 0.15) is 11.1 Å². The van der Waals surface area contributed by atoms with E-state index in [0.717, 1.165) is 16.0 Å². The van der Waals surface area contributed by atoms with E-state index in [4.69, 9.17) is 9.40 Å². The molecule has 6 nitrogen and oxygen atoms in total. The lowest BCUT2D eigenvalue weighted by atomic mass is 10.0. The van der Waals surface area contributed by atoms with E-state index in [-0.39, 0.29) is 11.5 Å². The van der Waals surface area contributed by atoms with Gasteiger partial charge < -0.3 is 14.2 Å². The highest BCUT2D eigenvalue weighted by molar-refractivity contribution is 7.22. The number of hydrogen-bond donors (Lipinski definition) is 0. The van der Waals surface area contributed by atoms with Gasteiger partial charge in [0.15, 0.2) is 5.13 Å². The summed E-state index contributed by atoms with van der Waals surface area (Å²) < 4.78 is 6.53. The van der Waals surface area contributed by atoms with E-state index < -0.39 is 5.63 Å². The molecule has 31 heavy (non-hydrogen) atoms. The van der Waals surface area contributed by atoms with Gasteiger partial charge in [-0.1, -0.05) is 55.5 Å². The molecule has 0 radical (unpaired) electrons. The quantitative estimate of drug-likeness (QED) is 0.446. The first-order valence-electron chi connectivity index (χ1n) is 10.5. The minimum atomic E-state index is -0.585. The number of rotatable bonds is 3. The van der Waals surface area contributed by atoms with Crippen molar-refractivity contribution in [2.24, 2.45) is 0 Å². The van der Waals surface area contributed by atoms with Crippen LogP contribution in [0.1, 0.15) is 35.7 Å². The lowest BCUT2D eigenvalue weighted by Crippen LogP contribution is -2.49. The van der Waals surface area contributed by atoms with Crippen molar-refractivity contribution in [3.8, 4) is 0 Å². The molecule has 3 heterocycles. The number of para-hydroxylation sites is 2. The van der Waals surface area contributed by atoms with Crippen LogP contribution in [0.3, 0.4) is 0 Å². The molecule has 0 atom stereocenters. The second kappa shape index (κ2) is 7.81. The van der Waals surface area contributed by atoms with E-state index in [1.165, 1.54) is 10.3 Å².